The van der Waals surface area contributed by atoms with E-state index >= 15 is 0 Å². The van der Waals surface area contributed by atoms with E-state index in [9.17, 15) is 10.1 Å². The highest BCUT2D eigenvalue weighted by Gasteiger charge is 2.33. The summed E-state index contributed by atoms with van der Waals surface area (Å²) in [5.41, 5.74) is 1.15. The highest BCUT2D eigenvalue weighted by molar-refractivity contribution is 5.90. The SMILES string of the molecule is Cc1cccc(NC(=O)NC2(C#N)CCCCC2)c1. The molecule has 0 spiro atoms. The molecule has 0 radical (unpaired) electrons. The number of nitrogens with one attached hydrogen (secondary N) is 2. The first kappa shape index (κ1) is 13.4. The van der Waals surface area contributed by atoms with Gasteiger partial charge in [0.05, 0.1) is 6.07 Å². The van der Waals surface area contributed by atoms with Crippen LogP contribution in [-0.2, 0) is 0 Å². The lowest BCUT2D eigenvalue weighted by atomic mass is 9.83. The number of hydrogen-bond acceptors (Lipinski definition) is 2. The fourth-order valence-corrected chi connectivity index (χ4v) is 2.52. The second-order valence-corrected chi connectivity index (χ2v) is 5.20. The number of carbonyl (C=O) groups is 1. The zero-order valence-corrected chi connectivity index (χ0v) is 11.2. The number of anilines is 1. The van der Waals surface area contributed by atoms with E-state index in [2.05, 4.69) is 16.7 Å². The zero-order chi connectivity index (χ0) is 13.7. The molecular formula is C15H19N3O. The van der Waals surface area contributed by atoms with E-state index in [0.717, 1.165) is 43.4 Å². The first-order valence-electron chi connectivity index (χ1n) is 6.71. The monoisotopic (exact) mass is 257 g/mol. The van der Waals surface area contributed by atoms with Crippen LogP contribution < -0.4 is 10.6 Å². The Hall–Kier alpha value is -2.02. The van der Waals surface area contributed by atoms with Gasteiger partial charge in [-0.2, -0.15) is 5.26 Å². The van der Waals surface area contributed by atoms with Crippen molar-refractivity contribution >= 4 is 11.7 Å². The molecule has 0 unspecified atom stereocenters. The van der Waals surface area contributed by atoms with Crippen molar-refractivity contribution in [3.8, 4) is 6.07 Å². The van der Waals surface area contributed by atoms with Gasteiger partial charge in [-0.15, -0.1) is 0 Å². The van der Waals surface area contributed by atoms with Gasteiger partial charge in [0.25, 0.3) is 0 Å². The number of amides is 2. The second-order valence-electron chi connectivity index (χ2n) is 5.20. The number of benzene rings is 1. The Morgan fingerprint density at radius 2 is 2.05 bits per heavy atom. The van der Waals surface area contributed by atoms with Gasteiger partial charge in [0.1, 0.15) is 5.54 Å². The largest absolute Gasteiger partial charge is 0.320 e. The minimum absolute atomic E-state index is 0.297. The molecule has 2 amide bonds. The van der Waals surface area contributed by atoms with E-state index in [0.29, 0.717) is 0 Å². The van der Waals surface area contributed by atoms with E-state index < -0.39 is 5.54 Å². The summed E-state index contributed by atoms with van der Waals surface area (Å²) in [5, 5.41) is 14.9. The Bertz CT molecular complexity index is 498. The molecule has 4 nitrogen and oxygen atoms in total. The molecule has 2 N–H and O–H groups in total. The first-order valence-corrected chi connectivity index (χ1v) is 6.71. The van der Waals surface area contributed by atoms with Crippen molar-refractivity contribution in [2.45, 2.75) is 44.6 Å². The Morgan fingerprint density at radius 3 is 2.68 bits per heavy atom. The smallest absolute Gasteiger partial charge is 0.319 e. The average molecular weight is 257 g/mol. The topological polar surface area (TPSA) is 64.9 Å². The molecule has 0 atom stereocenters. The highest BCUT2D eigenvalue weighted by atomic mass is 16.2. The van der Waals surface area contributed by atoms with Crippen molar-refractivity contribution in [1.82, 2.24) is 5.32 Å². The highest BCUT2D eigenvalue weighted by Crippen LogP contribution is 2.27. The molecule has 0 aliphatic heterocycles. The van der Waals surface area contributed by atoms with Crippen LogP contribution in [0.4, 0.5) is 10.5 Å². The van der Waals surface area contributed by atoms with E-state index in [-0.39, 0.29) is 6.03 Å². The van der Waals surface area contributed by atoms with Gasteiger partial charge in [0, 0.05) is 5.69 Å². The lowest BCUT2D eigenvalue weighted by Gasteiger charge is -2.31. The summed E-state index contributed by atoms with van der Waals surface area (Å²) >= 11 is 0. The van der Waals surface area contributed by atoms with E-state index in [1.165, 1.54) is 0 Å². The minimum atomic E-state index is -0.688. The van der Waals surface area contributed by atoms with Gasteiger partial charge in [0.15, 0.2) is 0 Å². The minimum Gasteiger partial charge on any atom is -0.319 e. The fourth-order valence-electron chi connectivity index (χ4n) is 2.52. The Morgan fingerprint density at radius 1 is 1.32 bits per heavy atom. The summed E-state index contributed by atoms with van der Waals surface area (Å²) < 4.78 is 0. The number of carbonyl (C=O) groups excluding carboxylic acids is 1. The van der Waals surface area contributed by atoms with E-state index in [1.54, 1.807) is 0 Å². The summed E-state index contributed by atoms with van der Waals surface area (Å²) in [4.78, 5) is 12.0. The molecule has 1 fully saturated rings. The maximum Gasteiger partial charge on any atom is 0.320 e. The van der Waals surface area contributed by atoms with Crippen molar-refractivity contribution in [3.63, 3.8) is 0 Å². The third-order valence-corrected chi connectivity index (χ3v) is 3.55. The normalized spacial score (nSPS) is 17.3. The van der Waals surface area contributed by atoms with Crippen LogP contribution in [-0.4, -0.2) is 11.6 Å². The first-order chi connectivity index (χ1) is 9.13. The van der Waals surface area contributed by atoms with Crippen molar-refractivity contribution in [3.05, 3.63) is 29.8 Å². The average Bonchev–Trinajstić information content (AvgIpc) is 2.39. The number of nitrogens with zero attached hydrogens (tertiary/aromatic N) is 1. The summed E-state index contributed by atoms with van der Waals surface area (Å²) in [6, 6.07) is 9.59. The third kappa shape index (κ3) is 3.47. The molecule has 2 rings (SSSR count). The van der Waals surface area contributed by atoms with Gasteiger partial charge in [0.2, 0.25) is 0 Å². The number of rotatable bonds is 2. The summed E-state index contributed by atoms with van der Waals surface area (Å²) in [7, 11) is 0. The van der Waals surface area contributed by atoms with Crippen LogP contribution in [0, 0.1) is 18.3 Å². The van der Waals surface area contributed by atoms with Gasteiger partial charge in [-0.3, -0.25) is 0 Å². The molecule has 0 aromatic heterocycles. The van der Waals surface area contributed by atoms with Crippen LogP contribution in [0.2, 0.25) is 0 Å². The molecule has 1 aromatic carbocycles. The van der Waals surface area contributed by atoms with Gasteiger partial charge >= 0.3 is 6.03 Å². The molecule has 1 saturated carbocycles. The van der Waals surface area contributed by atoms with Crippen LogP contribution in [0.15, 0.2) is 24.3 Å². The molecule has 100 valence electrons. The number of urea groups is 1. The predicted octanol–water partition coefficient (Wildman–Crippen LogP) is 3.34. The standard InChI is InChI=1S/C15H19N3O/c1-12-6-5-7-13(10-12)17-14(19)18-15(11-16)8-3-2-4-9-15/h5-7,10H,2-4,8-9H2,1H3,(H2,17,18,19). The van der Waals surface area contributed by atoms with Crippen LogP contribution >= 0.6 is 0 Å². The molecule has 0 bridgehead atoms. The maximum atomic E-state index is 12.0. The molecule has 19 heavy (non-hydrogen) atoms. The summed E-state index contributed by atoms with van der Waals surface area (Å²) in [5.74, 6) is 0. The maximum absolute atomic E-state index is 12.0. The van der Waals surface area contributed by atoms with Gasteiger partial charge < -0.3 is 10.6 Å². The van der Waals surface area contributed by atoms with Crippen molar-refractivity contribution < 1.29 is 4.79 Å². The fraction of sp³-hybridized carbons (Fsp3) is 0.467. The molecule has 1 aromatic rings. The van der Waals surface area contributed by atoms with Gasteiger partial charge in [-0.05, 0) is 37.5 Å². The molecular weight excluding hydrogens is 238 g/mol. The van der Waals surface area contributed by atoms with Crippen molar-refractivity contribution in [2.75, 3.05) is 5.32 Å². The lowest BCUT2D eigenvalue weighted by molar-refractivity contribution is 0.233. The Labute approximate surface area is 113 Å². The van der Waals surface area contributed by atoms with Crippen LogP contribution in [0.5, 0.6) is 0 Å². The molecule has 4 heteroatoms. The number of nitriles is 1. The molecule has 1 aliphatic carbocycles. The van der Waals surface area contributed by atoms with Crippen LogP contribution in [0.3, 0.4) is 0 Å². The molecule has 0 saturated heterocycles. The lowest BCUT2D eigenvalue weighted by Crippen LogP contribution is -2.50. The van der Waals surface area contributed by atoms with Gasteiger partial charge in [-0.25, -0.2) is 4.79 Å². The third-order valence-electron chi connectivity index (χ3n) is 3.55. The molecule has 0 heterocycles. The number of aryl methyl sites for hydroxylation is 1. The van der Waals surface area contributed by atoms with E-state index in [1.807, 2.05) is 31.2 Å². The summed E-state index contributed by atoms with van der Waals surface area (Å²) in [6.45, 7) is 1.97. The Balaban J connectivity index is 1.99. The van der Waals surface area contributed by atoms with Crippen LogP contribution in [0.25, 0.3) is 0 Å². The molecule has 1 aliphatic rings. The quantitative estimate of drug-likeness (QED) is 0.853. The van der Waals surface area contributed by atoms with Crippen molar-refractivity contribution in [2.24, 2.45) is 0 Å². The Kier molecular flexibility index (Phi) is 4.06. The second kappa shape index (κ2) is 5.75. The zero-order valence-electron chi connectivity index (χ0n) is 11.2. The summed E-state index contributed by atoms with van der Waals surface area (Å²) in [6.07, 6.45) is 4.62. The van der Waals surface area contributed by atoms with Gasteiger partial charge in [-0.1, -0.05) is 31.4 Å². The predicted molar refractivity (Wildman–Crippen MR) is 74.8 cm³/mol. The van der Waals surface area contributed by atoms with E-state index in [4.69, 9.17) is 0 Å². The van der Waals surface area contributed by atoms with Crippen LogP contribution in [0.1, 0.15) is 37.7 Å². The number of hydrogen-bond donors (Lipinski definition) is 2. The van der Waals surface area contributed by atoms with Crippen molar-refractivity contribution in [1.29, 1.82) is 5.26 Å².